The summed E-state index contributed by atoms with van der Waals surface area (Å²) in [6, 6.07) is 8.59. The van der Waals surface area contributed by atoms with Crippen LogP contribution in [0.1, 0.15) is 18.4 Å². The maximum absolute atomic E-state index is 11.4. The Balaban J connectivity index is 1.83. The first-order valence-corrected chi connectivity index (χ1v) is 6.30. The van der Waals surface area contributed by atoms with Crippen LogP contribution in [0.4, 0.5) is 0 Å². The first-order valence-electron chi connectivity index (χ1n) is 6.30. The Hall–Kier alpha value is -1.55. The lowest BCUT2D eigenvalue weighted by molar-refractivity contribution is -0.130. The molecule has 1 aromatic rings. The summed E-state index contributed by atoms with van der Waals surface area (Å²) in [6.45, 7) is 0.954. The molecule has 0 radical (unpaired) electrons. The molecule has 1 saturated carbocycles. The minimum Gasteiger partial charge on any atom is -0.484 e. The topological polar surface area (TPSA) is 41.6 Å². The van der Waals surface area contributed by atoms with Crippen LogP contribution in [0.5, 0.6) is 5.75 Å². The molecule has 0 saturated heterocycles. The summed E-state index contributed by atoms with van der Waals surface area (Å²) in [6.07, 6.45) is 2.57. The fraction of sp³-hybridized carbons (Fsp3) is 0.500. The molecule has 1 aliphatic rings. The molecule has 18 heavy (non-hydrogen) atoms. The predicted octanol–water partition coefficient (Wildman–Crippen LogP) is 1.41. The lowest BCUT2D eigenvalue weighted by atomic mass is 10.2. The number of amides is 1. The molecule has 1 N–H and O–H groups in total. The van der Waals surface area contributed by atoms with Crippen molar-refractivity contribution in [3.05, 3.63) is 29.8 Å². The van der Waals surface area contributed by atoms with Crippen molar-refractivity contribution in [3.63, 3.8) is 0 Å². The van der Waals surface area contributed by atoms with Crippen molar-refractivity contribution in [2.45, 2.75) is 25.4 Å². The molecule has 0 atom stereocenters. The third kappa shape index (κ3) is 4.04. The van der Waals surface area contributed by atoms with Gasteiger partial charge in [0.2, 0.25) is 0 Å². The molecule has 0 heterocycles. The number of likely N-dealkylation sites (N-methyl/N-ethyl adjacent to an activating group) is 1. The first kappa shape index (κ1) is 12.9. The lowest BCUT2D eigenvalue weighted by Crippen LogP contribution is -2.27. The molecule has 98 valence electrons. The van der Waals surface area contributed by atoms with E-state index in [2.05, 4.69) is 11.4 Å². The molecular formula is C14H20N2O2. The van der Waals surface area contributed by atoms with Gasteiger partial charge in [0.1, 0.15) is 5.75 Å². The van der Waals surface area contributed by atoms with E-state index in [1.165, 1.54) is 23.3 Å². The summed E-state index contributed by atoms with van der Waals surface area (Å²) >= 11 is 0. The Morgan fingerprint density at radius 1 is 1.44 bits per heavy atom. The van der Waals surface area contributed by atoms with Gasteiger partial charge in [-0.1, -0.05) is 12.1 Å². The molecule has 4 nitrogen and oxygen atoms in total. The minimum absolute atomic E-state index is 0.0310. The van der Waals surface area contributed by atoms with Gasteiger partial charge >= 0.3 is 0 Å². The summed E-state index contributed by atoms with van der Waals surface area (Å²) in [5, 5.41) is 3.45. The maximum atomic E-state index is 11.4. The van der Waals surface area contributed by atoms with Crippen molar-refractivity contribution in [1.29, 1.82) is 0 Å². The van der Waals surface area contributed by atoms with Crippen LogP contribution in [0.3, 0.4) is 0 Å². The van der Waals surface area contributed by atoms with Crippen LogP contribution < -0.4 is 10.1 Å². The van der Waals surface area contributed by atoms with Gasteiger partial charge in [-0.15, -0.1) is 0 Å². The van der Waals surface area contributed by atoms with Crippen molar-refractivity contribution < 1.29 is 9.53 Å². The highest BCUT2D eigenvalue weighted by atomic mass is 16.5. The van der Waals surface area contributed by atoms with E-state index in [0.717, 1.165) is 12.3 Å². The van der Waals surface area contributed by atoms with Crippen molar-refractivity contribution in [3.8, 4) is 5.75 Å². The number of carbonyl (C=O) groups excluding carboxylic acids is 1. The van der Waals surface area contributed by atoms with Gasteiger partial charge in [-0.2, -0.15) is 0 Å². The normalized spacial score (nSPS) is 14.3. The van der Waals surface area contributed by atoms with Crippen molar-refractivity contribution in [1.82, 2.24) is 10.2 Å². The van der Waals surface area contributed by atoms with Gasteiger partial charge in [0.15, 0.2) is 6.61 Å². The second kappa shape index (κ2) is 5.87. The van der Waals surface area contributed by atoms with E-state index < -0.39 is 0 Å². The van der Waals surface area contributed by atoms with Crippen LogP contribution in [-0.4, -0.2) is 37.6 Å². The van der Waals surface area contributed by atoms with Crippen LogP contribution in [0.15, 0.2) is 24.3 Å². The average Bonchev–Trinajstić information content (AvgIpc) is 3.18. The predicted molar refractivity (Wildman–Crippen MR) is 70.5 cm³/mol. The monoisotopic (exact) mass is 248 g/mol. The van der Waals surface area contributed by atoms with Gasteiger partial charge in [0.05, 0.1) is 0 Å². The molecule has 0 unspecified atom stereocenters. The van der Waals surface area contributed by atoms with E-state index in [1.807, 2.05) is 18.2 Å². The van der Waals surface area contributed by atoms with Crippen LogP contribution in [0.25, 0.3) is 0 Å². The highest BCUT2D eigenvalue weighted by molar-refractivity contribution is 5.77. The van der Waals surface area contributed by atoms with Gasteiger partial charge in [-0.05, 0) is 30.5 Å². The lowest BCUT2D eigenvalue weighted by Gasteiger charge is -2.12. The van der Waals surface area contributed by atoms with Gasteiger partial charge in [-0.25, -0.2) is 0 Å². The zero-order valence-electron chi connectivity index (χ0n) is 11.0. The number of rotatable bonds is 6. The first-order chi connectivity index (χ1) is 8.65. The number of ether oxygens (including phenoxy) is 1. The van der Waals surface area contributed by atoms with Crippen molar-refractivity contribution in [2.24, 2.45) is 0 Å². The molecule has 0 aliphatic heterocycles. The molecule has 1 fully saturated rings. The van der Waals surface area contributed by atoms with E-state index in [1.54, 1.807) is 14.1 Å². The zero-order chi connectivity index (χ0) is 13.0. The number of nitrogens with one attached hydrogen (secondary N) is 1. The van der Waals surface area contributed by atoms with Gasteiger partial charge in [-0.3, -0.25) is 4.79 Å². The van der Waals surface area contributed by atoms with E-state index in [9.17, 15) is 4.79 Å². The zero-order valence-corrected chi connectivity index (χ0v) is 11.0. The van der Waals surface area contributed by atoms with Crippen molar-refractivity contribution in [2.75, 3.05) is 20.7 Å². The molecule has 1 aromatic carbocycles. The molecule has 1 aliphatic carbocycles. The summed E-state index contributed by atoms with van der Waals surface area (Å²) in [4.78, 5) is 12.9. The summed E-state index contributed by atoms with van der Waals surface area (Å²) in [7, 11) is 3.45. The maximum Gasteiger partial charge on any atom is 0.259 e. The number of hydrogen-bond donors (Lipinski definition) is 1. The van der Waals surface area contributed by atoms with Crippen LogP contribution >= 0.6 is 0 Å². The van der Waals surface area contributed by atoms with E-state index >= 15 is 0 Å². The Kier molecular flexibility index (Phi) is 4.20. The highest BCUT2D eigenvalue weighted by Gasteiger charge is 2.19. The molecule has 0 aromatic heterocycles. The average molecular weight is 248 g/mol. The summed E-state index contributed by atoms with van der Waals surface area (Å²) in [5.41, 5.74) is 1.19. The SMILES string of the molecule is CN(C)C(=O)COc1cccc(CNC2CC2)c1. The molecule has 2 rings (SSSR count). The van der Waals surface area contributed by atoms with Gasteiger partial charge in [0.25, 0.3) is 5.91 Å². The molecule has 1 amide bonds. The van der Waals surface area contributed by atoms with E-state index in [-0.39, 0.29) is 12.5 Å². The molecule has 4 heteroatoms. The Labute approximate surface area is 108 Å². The van der Waals surface area contributed by atoms with Crippen LogP contribution in [0, 0.1) is 0 Å². The molecule has 0 spiro atoms. The fourth-order valence-corrected chi connectivity index (χ4v) is 1.57. The third-order valence-corrected chi connectivity index (χ3v) is 2.93. The number of benzene rings is 1. The Morgan fingerprint density at radius 2 is 2.22 bits per heavy atom. The van der Waals surface area contributed by atoms with Crippen LogP contribution in [0.2, 0.25) is 0 Å². The van der Waals surface area contributed by atoms with Gasteiger partial charge < -0.3 is 15.0 Å². The quantitative estimate of drug-likeness (QED) is 0.827. The number of nitrogens with zero attached hydrogens (tertiary/aromatic N) is 1. The molecular weight excluding hydrogens is 228 g/mol. The smallest absolute Gasteiger partial charge is 0.259 e. The van der Waals surface area contributed by atoms with Crippen LogP contribution in [-0.2, 0) is 11.3 Å². The fourth-order valence-electron chi connectivity index (χ4n) is 1.57. The minimum atomic E-state index is -0.0310. The number of hydrogen-bond acceptors (Lipinski definition) is 3. The molecule has 0 bridgehead atoms. The Bertz CT molecular complexity index is 414. The highest BCUT2D eigenvalue weighted by Crippen LogP contribution is 2.20. The summed E-state index contributed by atoms with van der Waals surface area (Å²) < 4.78 is 5.47. The second-order valence-corrected chi connectivity index (χ2v) is 4.88. The van der Waals surface area contributed by atoms with Gasteiger partial charge in [0, 0.05) is 26.7 Å². The van der Waals surface area contributed by atoms with E-state index in [4.69, 9.17) is 4.74 Å². The van der Waals surface area contributed by atoms with Crippen molar-refractivity contribution >= 4 is 5.91 Å². The largest absolute Gasteiger partial charge is 0.484 e. The standard InChI is InChI=1S/C14H20N2O2/c1-16(2)14(17)10-18-13-5-3-4-11(8-13)9-15-12-6-7-12/h3-5,8,12,15H,6-7,9-10H2,1-2H3. The number of carbonyl (C=O) groups is 1. The second-order valence-electron chi connectivity index (χ2n) is 4.88. The third-order valence-electron chi connectivity index (χ3n) is 2.93. The van der Waals surface area contributed by atoms with E-state index in [0.29, 0.717) is 6.04 Å². The Morgan fingerprint density at radius 3 is 2.89 bits per heavy atom. The summed E-state index contributed by atoms with van der Waals surface area (Å²) in [5.74, 6) is 0.719.